The molecule has 0 radical (unpaired) electrons. The first kappa shape index (κ1) is 26.5. The molecule has 36 heavy (non-hydrogen) atoms. The lowest BCUT2D eigenvalue weighted by Crippen LogP contribution is -2.41. The summed E-state index contributed by atoms with van der Waals surface area (Å²) in [5.74, 6) is 0.797. The molecular formula is C25H29N5O5S. The van der Waals surface area contributed by atoms with Gasteiger partial charge in [-0.1, -0.05) is 24.6 Å². The number of amides is 2. The number of aryl methyl sites for hydroxylation is 2. The zero-order valence-corrected chi connectivity index (χ0v) is 21.3. The maximum Gasteiger partial charge on any atom is 0.339 e. The van der Waals surface area contributed by atoms with Crippen molar-refractivity contribution in [2.45, 2.75) is 33.3 Å². The van der Waals surface area contributed by atoms with Gasteiger partial charge >= 0.3 is 11.3 Å². The van der Waals surface area contributed by atoms with Crippen LogP contribution in [0.25, 0.3) is 0 Å². The standard InChI is InChI=1S/C25H29N5O5S/c1-5-22(34-23-12-8-19(26-4)14-18(23)3)25(32)29-20-9-13-24(27-15-20)30(28-16-31)36(33)35-21-10-6-17(2)7-11-21/h6-16,22,26H,5H2,1-4H3,(H,28,31)(H,29,32). The molecule has 0 aliphatic carbocycles. The molecule has 2 unspecified atom stereocenters. The minimum Gasteiger partial charge on any atom is -0.480 e. The summed E-state index contributed by atoms with van der Waals surface area (Å²) in [6, 6.07) is 15.7. The van der Waals surface area contributed by atoms with Crippen LogP contribution in [0.5, 0.6) is 11.5 Å². The Kier molecular flexibility index (Phi) is 9.23. The third-order valence-electron chi connectivity index (χ3n) is 5.13. The molecule has 190 valence electrons. The number of aromatic nitrogens is 1. The van der Waals surface area contributed by atoms with Crippen LogP contribution >= 0.6 is 0 Å². The number of nitrogens with zero attached hydrogens (tertiary/aromatic N) is 2. The maximum absolute atomic E-state index is 12.8. The summed E-state index contributed by atoms with van der Waals surface area (Å²) in [5, 5.41) is 5.84. The molecule has 3 N–H and O–H groups in total. The van der Waals surface area contributed by atoms with Crippen LogP contribution in [0, 0.1) is 13.8 Å². The highest BCUT2D eigenvalue weighted by Gasteiger charge is 2.21. The Labute approximate surface area is 212 Å². The van der Waals surface area contributed by atoms with Gasteiger partial charge < -0.3 is 19.6 Å². The zero-order chi connectivity index (χ0) is 26.1. The van der Waals surface area contributed by atoms with Crippen molar-refractivity contribution < 1.29 is 22.7 Å². The molecule has 0 aliphatic heterocycles. The van der Waals surface area contributed by atoms with Gasteiger partial charge in [-0.25, -0.2) is 4.98 Å². The monoisotopic (exact) mass is 511 g/mol. The van der Waals surface area contributed by atoms with Crippen LogP contribution in [0.3, 0.4) is 0 Å². The number of ether oxygens (including phenoxy) is 1. The molecule has 3 rings (SSSR count). The summed E-state index contributed by atoms with van der Waals surface area (Å²) in [6.45, 7) is 5.69. The van der Waals surface area contributed by atoms with Crippen molar-refractivity contribution in [1.29, 1.82) is 0 Å². The summed E-state index contributed by atoms with van der Waals surface area (Å²) in [7, 11) is 1.83. The van der Waals surface area contributed by atoms with Crippen LogP contribution < -0.4 is 29.4 Å². The van der Waals surface area contributed by atoms with Gasteiger partial charge in [-0.2, -0.15) is 4.21 Å². The second-order valence-electron chi connectivity index (χ2n) is 7.79. The van der Waals surface area contributed by atoms with Gasteiger partial charge in [0.2, 0.25) is 6.41 Å². The number of rotatable bonds is 12. The smallest absolute Gasteiger partial charge is 0.339 e. The van der Waals surface area contributed by atoms with E-state index in [0.29, 0.717) is 30.0 Å². The molecule has 11 heteroatoms. The van der Waals surface area contributed by atoms with Crippen molar-refractivity contribution in [3.63, 3.8) is 0 Å². The van der Waals surface area contributed by atoms with E-state index in [1.54, 1.807) is 18.2 Å². The van der Waals surface area contributed by atoms with Gasteiger partial charge in [0.05, 0.1) is 11.9 Å². The molecule has 0 saturated heterocycles. The molecule has 2 amide bonds. The van der Waals surface area contributed by atoms with Gasteiger partial charge in [-0.05, 0) is 68.3 Å². The summed E-state index contributed by atoms with van der Waals surface area (Å²) < 4.78 is 25.0. The number of carbonyl (C=O) groups excluding carboxylic acids is 2. The first-order valence-electron chi connectivity index (χ1n) is 11.2. The molecule has 0 aliphatic rings. The molecule has 0 saturated carbocycles. The Morgan fingerprint density at radius 3 is 2.42 bits per heavy atom. The van der Waals surface area contributed by atoms with E-state index in [0.717, 1.165) is 21.2 Å². The minimum atomic E-state index is -2.10. The molecule has 2 atom stereocenters. The average Bonchev–Trinajstić information content (AvgIpc) is 2.88. The fourth-order valence-corrected chi connectivity index (χ4v) is 3.90. The highest BCUT2D eigenvalue weighted by atomic mass is 32.2. The fourth-order valence-electron chi connectivity index (χ4n) is 3.16. The van der Waals surface area contributed by atoms with Gasteiger partial charge in [-0.3, -0.25) is 15.0 Å². The lowest BCUT2D eigenvalue weighted by molar-refractivity contribution is -0.122. The molecule has 1 heterocycles. The second-order valence-corrected chi connectivity index (χ2v) is 8.76. The Balaban J connectivity index is 1.66. The third kappa shape index (κ3) is 6.95. The Morgan fingerprint density at radius 1 is 1.11 bits per heavy atom. The first-order valence-corrected chi connectivity index (χ1v) is 12.3. The number of benzene rings is 2. The molecular weight excluding hydrogens is 482 g/mol. The van der Waals surface area contributed by atoms with Gasteiger partial charge in [-0.15, -0.1) is 4.41 Å². The Bertz CT molecular complexity index is 1200. The van der Waals surface area contributed by atoms with E-state index in [1.165, 1.54) is 12.3 Å². The third-order valence-corrected chi connectivity index (χ3v) is 6.05. The molecule has 0 spiro atoms. The number of pyridine rings is 1. The van der Waals surface area contributed by atoms with Crippen molar-refractivity contribution in [2.75, 3.05) is 22.1 Å². The number of carbonyl (C=O) groups is 2. The van der Waals surface area contributed by atoms with E-state index in [2.05, 4.69) is 21.0 Å². The van der Waals surface area contributed by atoms with Crippen LogP contribution in [0.1, 0.15) is 24.5 Å². The number of nitrogens with one attached hydrogen (secondary N) is 3. The molecule has 0 bridgehead atoms. The fraction of sp³-hybridized carbons (Fsp3) is 0.240. The minimum absolute atomic E-state index is 0.147. The molecule has 0 fully saturated rings. The Hall–Kier alpha value is -4.12. The summed E-state index contributed by atoms with van der Waals surface area (Å²) in [6.07, 6.45) is 1.49. The molecule has 2 aromatic carbocycles. The average molecular weight is 512 g/mol. The topological polar surface area (TPSA) is 122 Å². The van der Waals surface area contributed by atoms with Crippen molar-refractivity contribution in [2.24, 2.45) is 0 Å². The molecule has 3 aromatic rings. The Morgan fingerprint density at radius 2 is 1.83 bits per heavy atom. The number of hydrogen-bond acceptors (Lipinski definition) is 7. The van der Waals surface area contributed by atoms with E-state index >= 15 is 0 Å². The van der Waals surface area contributed by atoms with E-state index in [1.807, 2.05) is 58.2 Å². The van der Waals surface area contributed by atoms with Crippen LogP contribution in [-0.4, -0.2) is 34.7 Å². The van der Waals surface area contributed by atoms with Crippen molar-refractivity contribution in [1.82, 2.24) is 10.4 Å². The maximum atomic E-state index is 12.8. The lowest BCUT2D eigenvalue weighted by atomic mass is 10.2. The van der Waals surface area contributed by atoms with Crippen LogP contribution in [0.2, 0.25) is 0 Å². The van der Waals surface area contributed by atoms with Crippen LogP contribution in [-0.2, 0) is 20.9 Å². The number of anilines is 3. The highest BCUT2D eigenvalue weighted by Crippen LogP contribution is 2.24. The molecule has 10 nitrogen and oxygen atoms in total. The van der Waals surface area contributed by atoms with Crippen molar-refractivity contribution in [3.8, 4) is 11.5 Å². The van der Waals surface area contributed by atoms with Crippen molar-refractivity contribution >= 4 is 40.8 Å². The van der Waals surface area contributed by atoms with E-state index in [4.69, 9.17) is 8.92 Å². The van der Waals surface area contributed by atoms with Gasteiger partial charge in [0.15, 0.2) is 11.9 Å². The largest absolute Gasteiger partial charge is 0.480 e. The normalized spacial score (nSPS) is 12.1. The van der Waals surface area contributed by atoms with E-state index in [-0.39, 0.29) is 11.7 Å². The lowest BCUT2D eigenvalue weighted by Gasteiger charge is -2.20. The van der Waals surface area contributed by atoms with Crippen molar-refractivity contribution in [3.05, 3.63) is 71.9 Å². The SMILES string of the molecule is CCC(Oc1ccc(NC)cc1C)C(=O)Nc1ccc(N(NC=O)S(=O)Oc2ccc(C)cc2)nc1. The first-order chi connectivity index (χ1) is 17.3. The predicted molar refractivity (Wildman–Crippen MR) is 140 cm³/mol. The zero-order valence-electron chi connectivity index (χ0n) is 20.5. The van der Waals surface area contributed by atoms with E-state index in [9.17, 15) is 13.8 Å². The van der Waals surface area contributed by atoms with E-state index < -0.39 is 17.4 Å². The number of hydrogen-bond donors (Lipinski definition) is 3. The summed E-state index contributed by atoms with van der Waals surface area (Å²) in [5.41, 5.74) is 5.60. The highest BCUT2D eigenvalue weighted by molar-refractivity contribution is 7.82. The van der Waals surface area contributed by atoms with Gasteiger partial charge in [0.25, 0.3) is 5.91 Å². The summed E-state index contributed by atoms with van der Waals surface area (Å²) >= 11 is -2.10. The molecule has 1 aromatic heterocycles. The van der Waals surface area contributed by atoms with Gasteiger partial charge in [0.1, 0.15) is 11.5 Å². The second kappa shape index (κ2) is 12.5. The van der Waals surface area contributed by atoms with Crippen LogP contribution in [0.4, 0.5) is 17.2 Å². The summed E-state index contributed by atoms with van der Waals surface area (Å²) in [4.78, 5) is 28.1. The quantitative estimate of drug-likeness (QED) is 0.251. The predicted octanol–water partition coefficient (Wildman–Crippen LogP) is 3.66. The van der Waals surface area contributed by atoms with Crippen LogP contribution in [0.15, 0.2) is 60.8 Å². The number of hydrazine groups is 1. The van der Waals surface area contributed by atoms with Gasteiger partial charge in [0, 0.05) is 12.7 Å².